The fourth-order valence-electron chi connectivity index (χ4n) is 1.81. The van der Waals surface area contributed by atoms with Crippen molar-refractivity contribution in [1.82, 2.24) is 20.1 Å². The Morgan fingerprint density at radius 2 is 1.96 bits per heavy atom. The largest absolute Gasteiger partial charge is 0.439 e. The quantitative estimate of drug-likeness (QED) is 0.783. The monoisotopic (exact) mass is 337 g/mol. The first-order chi connectivity index (χ1) is 11.3. The molecular formula is C14H10F3N5O2. The van der Waals surface area contributed by atoms with Crippen LogP contribution in [0, 0.1) is 6.92 Å². The Kier molecular flexibility index (Phi) is 3.80. The summed E-state index contributed by atoms with van der Waals surface area (Å²) >= 11 is 0. The molecule has 0 unspecified atom stereocenters. The van der Waals surface area contributed by atoms with E-state index in [2.05, 4.69) is 24.6 Å². The van der Waals surface area contributed by atoms with Gasteiger partial charge in [-0.15, -0.1) is 0 Å². The van der Waals surface area contributed by atoms with Crippen molar-refractivity contribution >= 4 is 6.01 Å². The van der Waals surface area contributed by atoms with Gasteiger partial charge in [0, 0.05) is 11.8 Å². The van der Waals surface area contributed by atoms with Crippen molar-refractivity contribution < 1.29 is 22.4 Å². The molecule has 0 aliphatic heterocycles. The average molecular weight is 337 g/mol. The zero-order chi connectivity index (χ0) is 17.3. The molecule has 1 aromatic carbocycles. The highest BCUT2D eigenvalue weighted by molar-refractivity contribution is 5.46. The Labute approximate surface area is 133 Å². The van der Waals surface area contributed by atoms with E-state index in [0.717, 1.165) is 12.1 Å². The summed E-state index contributed by atoms with van der Waals surface area (Å²) in [5.74, 6) is 0.178. The maximum atomic E-state index is 12.8. The summed E-state index contributed by atoms with van der Waals surface area (Å²) in [6.07, 6.45) is -3.04. The minimum absolute atomic E-state index is 0.00907. The number of alkyl halides is 3. The number of anilines is 1. The van der Waals surface area contributed by atoms with Crippen LogP contribution in [0.4, 0.5) is 19.2 Å². The molecule has 3 rings (SSSR count). The summed E-state index contributed by atoms with van der Waals surface area (Å²) in [4.78, 5) is 11.9. The molecule has 124 valence electrons. The third-order valence-corrected chi connectivity index (χ3v) is 2.94. The normalized spacial score (nSPS) is 11.5. The van der Waals surface area contributed by atoms with Crippen molar-refractivity contribution in [3.63, 3.8) is 0 Å². The van der Waals surface area contributed by atoms with Gasteiger partial charge in [0.15, 0.2) is 0 Å². The van der Waals surface area contributed by atoms with Crippen LogP contribution < -0.4 is 10.5 Å². The molecule has 2 aromatic heterocycles. The minimum Gasteiger partial charge on any atom is -0.439 e. The van der Waals surface area contributed by atoms with E-state index in [1.165, 1.54) is 18.3 Å². The number of halogens is 3. The van der Waals surface area contributed by atoms with Crippen LogP contribution in [0.5, 0.6) is 11.6 Å². The molecular weight excluding hydrogens is 327 g/mol. The molecule has 7 nitrogen and oxygen atoms in total. The average Bonchev–Trinajstić information content (AvgIpc) is 2.95. The molecule has 0 aliphatic carbocycles. The second kappa shape index (κ2) is 5.80. The SMILES string of the molecule is Cc1cnc(-c2noc(N)n2)nc1Oc1cccc(C(F)(F)F)c1. The predicted octanol–water partition coefficient (Wildman–Crippen LogP) is 3.23. The van der Waals surface area contributed by atoms with Gasteiger partial charge in [-0.2, -0.15) is 23.1 Å². The van der Waals surface area contributed by atoms with E-state index in [1.54, 1.807) is 6.92 Å². The Balaban J connectivity index is 1.93. The fourth-order valence-corrected chi connectivity index (χ4v) is 1.81. The van der Waals surface area contributed by atoms with Gasteiger partial charge < -0.3 is 15.0 Å². The van der Waals surface area contributed by atoms with E-state index in [4.69, 9.17) is 10.5 Å². The second-order valence-electron chi connectivity index (χ2n) is 4.77. The highest BCUT2D eigenvalue weighted by Crippen LogP contribution is 2.33. The van der Waals surface area contributed by atoms with E-state index < -0.39 is 11.7 Å². The number of aryl methyl sites for hydroxylation is 1. The lowest BCUT2D eigenvalue weighted by atomic mass is 10.2. The summed E-state index contributed by atoms with van der Waals surface area (Å²) in [6, 6.07) is 4.31. The lowest BCUT2D eigenvalue weighted by Gasteiger charge is -2.11. The van der Waals surface area contributed by atoms with Gasteiger partial charge in [-0.25, -0.2) is 4.98 Å². The molecule has 0 spiro atoms. The molecule has 10 heteroatoms. The molecule has 2 heterocycles. The summed E-state index contributed by atoms with van der Waals surface area (Å²) in [6.45, 7) is 1.65. The van der Waals surface area contributed by atoms with Crippen LogP contribution in [0.2, 0.25) is 0 Å². The Bertz CT molecular complexity index is 879. The maximum Gasteiger partial charge on any atom is 0.416 e. The third kappa shape index (κ3) is 3.26. The van der Waals surface area contributed by atoms with Gasteiger partial charge >= 0.3 is 12.2 Å². The number of hydrogen-bond donors (Lipinski definition) is 1. The number of aromatic nitrogens is 4. The molecule has 0 saturated heterocycles. The number of hydrogen-bond acceptors (Lipinski definition) is 7. The first-order valence-electron chi connectivity index (χ1n) is 6.61. The topological polar surface area (TPSA) is 100.0 Å². The van der Waals surface area contributed by atoms with Crippen LogP contribution in [0.15, 0.2) is 35.0 Å². The Hall–Kier alpha value is -3.17. The third-order valence-electron chi connectivity index (χ3n) is 2.94. The van der Waals surface area contributed by atoms with E-state index in [-0.39, 0.29) is 29.3 Å². The van der Waals surface area contributed by atoms with Crippen molar-refractivity contribution in [3.05, 3.63) is 41.6 Å². The predicted molar refractivity (Wildman–Crippen MR) is 76.0 cm³/mol. The van der Waals surface area contributed by atoms with Crippen molar-refractivity contribution in [2.75, 3.05) is 5.73 Å². The summed E-state index contributed by atoms with van der Waals surface area (Å²) in [7, 11) is 0. The van der Waals surface area contributed by atoms with Gasteiger partial charge in [-0.1, -0.05) is 11.2 Å². The lowest BCUT2D eigenvalue weighted by Crippen LogP contribution is -2.05. The van der Waals surface area contributed by atoms with Crippen LogP contribution in [-0.2, 0) is 6.18 Å². The van der Waals surface area contributed by atoms with Gasteiger partial charge in [-0.05, 0) is 25.1 Å². The van der Waals surface area contributed by atoms with Crippen LogP contribution in [0.1, 0.15) is 11.1 Å². The molecule has 0 fully saturated rings. The molecule has 3 aromatic rings. The number of ether oxygens (including phenoxy) is 1. The number of nitrogens with two attached hydrogens (primary N) is 1. The zero-order valence-corrected chi connectivity index (χ0v) is 12.2. The van der Waals surface area contributed by atoms with Gasteiger partial charge in [-0.3, -0.25) is 0 Å². The van der Waals surface area contributed by atoms with Crippen LogP contribution in [0.25, 0.3) is 11.6 Å². The van der Waals surface area contributed by atoms with Crippen LogP contribution in [-0.4, -0.2) is 20.1 Å². The second-order valence-corrected chi connectivity index (χ2v) is 4.77. The van der Waals surface area contributed by atoms with Crippen molar-refractivity contribution in [1.29, 1.82) is 0 Å². The van der Waals surface area contributed by atoms with Gasteiger partial charge in [0.05, 0.1) is 5.56 Å². The summed E-state index contributed by atoms with van der Waals surface area (Å²) in [5, 5.41) is 3.57. The standard InChI is InChI=1S/C14H10F3N5O2/c1-7-6-19-10(11-21-13(18)24-22-11)20-12(7)23-9-4-2-3-8(5-9)14(15,16)17/h2-6H,1H3,(H2,18,21,22). The summed E-state index contributed by atoms with van der Waals surface area (Å²) in [5.41, 5.74) is 5.03. The first kappa shape index (κ1) is 15.7. The van der Waals surface area contributed by atoms with Gasteiger partial charge in [0.2, 0.25) is 17.5 Å². The molecule has 0 radical (unpaired) electrons. The van der Waals surface area contributed by atoms with E-state index in [9.17, 15) is 13.2 Å². The first-order valence-corrected chi connectivity index (χ1v) is 6.61. The minimum atomic E-state index is -4.46. The van der Waals surface area contributed by atoms with Gasteiger partial charge in [0.1, 0.15) is 5.75 Å². The highest BCUT2D eigenvalue weighted by atomic mass is 19.4. The highest BCUT2D eigenvalue weighted by Gasteiger charge is 2.30. The van der Waals surface area contributed by atoms with Crippen LogP contribution in [0.3, 0.4) is 0 Å². The van der Waals surface area contributed by atoms with Crippen molar-refractivity contribution in [3.8, 4) is 23.3 Å². The van der Waals surface area contributed by atoms with E-state index >= 15 is 0 Å². The van der Waals surface area contributed by atoms with E-state index in [0.29, 0.717) is 5.56 Å². The maximum absolute atomic E-state index is 12.8. The number of rotatable bonds is 3. The molecule has 2 N–H and O–H groups in total. The molecule has 24 heavy (non-hydrogen) atoms. The van der Waals surface area contributed by atoms with Crippen LogP contribution >= 0.6 is 0 Å². The Morgan fingerprint density at radius 1 is 1.17 bits per heavy atom. The summed E-state index contributed by atoms with van der Waals surface area (Å²) < 4.78 is 48.3. The molecule has 0 bridgehead atoms. The van der Waals surface area contributed by atoms with Crippen molar-refractivity contribution in [2.45, 2.75) is 13.1 Å². The fraction of sp³-hybridized carbons (Fsp3) is 0.143. The molecule has 0 saturated carbocycles. The number of benzene rings is 1. The Morgan fingerprint density at radius 3 is 2.62 bits per heavy atom. The number of nitrogen functional groups attached to an aromatic ring is 1. The molecule has 0 atom stereocenters. The van der Waals surface area contributed by atoms with Gasteiger partial charge in [0.25, 0.3) is 0 Å². The zero-order valence-electron chi connectivity index (χ0n) is 12.2. The van der Waals surface area contributed by atoms with E-state index in [1.807, 2.05) is 0 Å². The number of nitrogens with zero attached hydrogens (tertiary/aromatic N) is 4. The molecule has 0 amide bonds. The lowest BCUT2D eigenvalue weighted by molar-refractivity contribution is -0.137. The smallest absolute Gasteiger partial charge is 0.416 e. The van der Waals surface area contributed by atoms with Crippen molar-refractivity contribution in [2.24, 2.45) is 0 Å². The molecule has 0 aliphatic rings.